The third-order valence-electron chi connectivity index (χ3n) is 6.35. The summed E-state index contributed by atoms with van der Waals surface area (Å²) in [5, 5.41) is 0. The van der Waals surface area contributed by atoms with Crippen LogP contribution in [0.4, 0.5) is 0 Å². The summed E-state index contributed by atoms with van der Waals surface area (Å²) in [5.41, 5.74) is 1.20. The average Bonchev–Trinajstić information content (AvgIpc) is 3.10. The highest BCUT2D eigenvalue weighted by Crippen LogP contribution is 2.29. The number of ether oxygens (including phenoxy) is 1. The quantitative estimate of drug-likeness (QED) is 0.825. The van der Waals surface area contributed by atoms with Gasteiger partial charge in [-0.25, -0.2) is 0 Å². The van der Waals surface area contributed by atoms with Crippen LogP contribution in [0.2, 0.25) is 0 Å². The minimum Gasteiger partial charge on any atom is -0.365 e. The lowest BCUT2D eigenvalue weighted by atomic mass is 10.0. The van der Waals surface area contributed by atoms with Crippen LogP contribution < -0.4 is 0 Å². The van der Waals surface area contributed by atoms with Gasteiger partial charge in [0.1, 0.15) is 6.61 Å². The molecule has 0 spiro atoms. The molecule has 4 rings (SSSR count). The van der Waals surface area contributed by atoms with Gasteiger partial charge in [-0.15, -0.1) is 0 Å². The smallest absolute Gasteiger partial charge is 0.249 e. The predicted molar refractivity (Wildman–Crippen MR) is 102 cm³/mol. The maximum atomic E-state index is 12.5. The van der Waals surface area contributed by atoms with Crippen molar-refractivity contribution in [3.8, 4) is 0 Å². The van der Waals surface area contributed by atoms with Gasteiger partial charge in [0.25, 0.3) is 0 Å². The molecule has 0 aromatic heterocycles. The molecule has 142 valence electrons. The maximum Gasteiger partial charge on any atom is 0.249 e. The lowest BCUT2D eigenvalue weighted by molar-refractivity contribution is -0.153. The summed E-state index contributed by atoms with van der Waals surface area (Å²) in [5.74, 6) is 0.131. The molecule has 0 bridgehead atoms. The van der Waals surface area contributed by atoms with E-state index >= 15 is 0 Å². The SMILES string of the molecule is CC(C)N1CCC(N2C[C@@H]3OCC(=O)N(Cc4ccccc4)[C@H]3C2)CC1. The first-order chi connectivity index (χ1) is 12.6. The van der Waals surface area contributed by atoms with Crippen molar-refractivity contribution in [1.29, 1.82) is 0 Å². The number of hydrogen-bond donors (Lipinski definition) is 0. The molecule has 3 saturated heterocycles. The number of fused-ring (bicyclic) bond motifs is 1. The predicted octanol–water partition coefficient (Wildman–Crippen LogP) is 1.97. The summed E-state index contributed by atoms with van der Waals surface area (Å²) < 4.78 is 5.92. The summed E-state index contributed by atoms with van der Waals surface area (Å²) >= 11 is 0. The Morgan fingerprint density at radius 2 is 1.85 bits per heavy atom. The van der Waals surface area contributed by atoms with E-state index in [0.717, 1.165) is 13.1 Å². The molecular formula is C21H31N3O2. The minimum atomic E-state index is 0.131. The van der Waals surface area contributed by atoms with Gasteiger partial charge in [0.2, 0.25) is 5.91 Å². The Hall–Kier alpha value is -1.43. The fourth-order valence-electron chi connectivity index (χ4n) is 4.75. The number of amides is 1. The van der Waals surface area contributed by atoms with Gasteiger partial charge in [-0.2, -0.15) is 0 Å². The Balaban J connectivity index is 1.41. The number of hydrogen-bond acceptors (Lipinski definition) is 4. The van der Waals surface area contributed by atoms with Crippen LogP contribution in [0.25, 0.3) is 0 Å². The van der Waals surface area contributed by atoms with Crippen LogP contribution >= 0.6 is 0 Å². The van der Waals surface area contributed by atoms with Crippen LogP contribution in [0, 0.1) is 0 Å². The molecule has 5 nitrogen and oxygen atoms in total. The summed E-state index contributed by atoms with van der Waals surface area (Å²) in [6.45, 7) is 9.78. The summed E-state index contributed by atoms with van der Waals surface area (Å²) in [6.07, 6.45) is 2.62. The fourth-order valence-corrected chi connectivity index (χ4v) is 4.75. The van der Waals surface area contributed by atoms with Gasteiger partial charge in [-0.3, -0.25) is 9.69 Å². The van der Waals surface area contributed by atoms with E-state index in [4.69, 9.17) is 4.74 Å². The Labute approximate surface area is 156 Å². The van der Waals surface area contributed by atoms with Crippen molar-refractivity contribution in [2.45, 2.75) is 57.5 Å². The van der Waals surface area contributed by atoms with Crippen LogP contribution in [0.1, 0.15) is 32.3 Å². The Kier molecular flexibility index (Phi) is 5.30. The van der Waals surface area contributed by atoms with E-state index in [9.17, 15) is 4.79 Å². The number of piperidine rings is 1. The lowest BCUT2D eigenvalue weighted by Crippen LogP contribution is -2.53. The molecule has 1 aromatic carbocycles. The first-order valence-electron chi connectivity index (χ1n) is 10.0. The van der Waals surface area contributed by atoms with Crippen molar-refractivity contribution >= 4 is 5.91 Å². The van der Waals surface area contributed by atoms with E-state index in [-0.39, 0.29) is 24.7 Å². The van der Waals surface area contributed by atoms with Crippen LogP contribution in [-0.4, -0.2) is 77.6 Å². The van der Waals surface area contributed by atoms with Gasteiger partial charge in [0, 0.05) is 31.7 Å². The molecule has 0 unspecified atom stereocenters. The highest BCUT2D eigenvalue weighted by atomic mass is 16.5. The molecule has 1 amide bonds. The minimum absolute atomic E-state index is 0.131. The Bertz CT molecular complexity index is 613. The molecular weight excluding hydrogens is 326 g/mol. The molecule has 3 aliphatic heterocycles. The van der Waals surface area contributed by atoms with Crippen molar-refractivity contribution in [1.82, 2.24) is 14.7 Å². The van der Waals surface area contributed by atoms with Crippen molar-refractivity contribution in [3.63, 3.8) is 0 Å². The van der Waals surface area contributed by atoms with Crippen LogP contribution in [-0.2, 0) is 16.1 Å². The Morgan fingerprint density at radius 1 is 1.12 bits per heavy atom. The number of carbonyl (C=O) groups is 1. The van der Waals surface area contributed by atoms with Gasteiger partial charge < -0.3 is 14.5 Å². The summed E-state index contributed by atoms with van der Waals surface area (Å²) in [7, 11) is 0. The number of nitrogens with zero attached hydrogens (tertiary/aromatic N) is 3. The number of benzene rings is 1. The molecule has 26 heavy (non-hydrogen) atoms. The molecule has 0 saturated carbocycles. The van der Waals surface area contributed by atoms with E-state index in [1.807, 2.05) is 18.2 Å². The second-order valence-electron chi connectivity index (χ2n) is 8.24. The third kappa shape index (κ3) is 3.66. The Morgan fingerprint density at radius 3 is 2.54 bits per heavy atom. The van der Waals surface area contributed by atoms with Crippen LogP contribution in [0.15, 0.2) is 30.3 Å². The molecule has 2 atom stereocenters. The molecule has 0 aliphatic carbocycles. The molecule has 1 aromatic rings. The second kappa shape index (κ2) is 7.67. The van der Waals surface area contributed by atoms with Gasteiger partial charge in [0.05, 0.1) is 12.1 Å². The lowest BCUT2D eigenvalue weighted by Gasteiger charge is -2.39. The number of morpholine rings is 1. The normalized spacial score (nSPS) is 28.7. The van der Waals surface area contributed by atoms with E-state index in [2.05, 4.69) is 40.7 Å². The molecule has 3 aliphatic rings. The zero-order chi connectivity index (χ0) is 18.1. The van der Waals surface area contributed by atoms with E-state index in [0.29, 0.717) is 18.6 Å². The standard InChI is InChI=1S/C21H31N3O2/c1-16(2)22-10-8-18(9-11-22)23-13-19-20(14-23)26-15-21(25)24(19)12-17-6-4-3-5-7-17/h3-7,16,18-20H,8-15H2,1-2H3/t19-,20-/m0/s1. The molecule has 3 heterocycles. The first-order valence-corrected chi connectivity index (χ1v) is 10.0. The van der Waals surface area contributed by atoms with E-state index in [1.165, 1.54) is 31.5 Å². The molecule has 0 N–H and O–H groups in total. The fraction of sp³-hybridized carbons (Fsp3) is 0.667. The van der Waals surface area contributed by atoms with E-state index < -0.39 is 0 Å². The van der Waals surface area contributed by atoms with Gasteiger partial charge in [0.15, 0.2) is 0 Å². The highest BCUT2D eigenvalue weighted by Gasteiger charge is 2.45. The first kappa shape index (κ1) is 18.0. The summed E-state index contributed by atoms with van der Waals surface area (Å²) in [4.78, 5) is 19.7. The van der Waals surface area contributed by atoms with Gasteiger partial charge >= 0.3 is 0 Å². The molecule has 0 radical (unpaired) electrons. The highest BCUT2D eigenvalue weighted by molar-refractivity contribution is 5.78. The largest absolute Gasteiger partial charge is 0.365 e. The molecule has 5 heteroatoms. The molecule has 3 fully saturated rings. The van der Waals surface area contributed by atoms with Crippen molar-refractivity contribution in [2.24, 2.45) is 0 Å². The number of carbonyl (C=O) groups excluding carboxylic acids is 1. The van der Waals surface area contributed by atoms with E-state index in [1.54, 1.807) is 0 Å². The zero-order valence-corrected chi connectivity index (χ0v) is 16.0. The average molecular weight is 357 g/mol. The van der Waals surface area contributed by atoms with Gasteiger partial charge in [-0.1, -0.05) is 30.3 Å². The second-order valence-corrected chi connectivity index (χ2v) is 8.24. The van der Waals surface area contributed by atoms with Crippen LogP contribution in [0.3, 0.4) is 0 Å². The number of rotatable bonds is 4. The van der Waals surface area contributed by atoms with Crippen molar-refractivity contribution < 1.29 is 9.53 Å². The van der Waals surface area contributed by atoms with Crippen molar-refractivity contribution in [3.05, 3.63) is 35.9 Å². The number of likely N-dealkylation sites (tertiary alicyclic amines) is 2. The van der Waals surface area contributed by atoms with Crippen LogP contribution in [0.5, 0.6) is 0 Å². The third-order valence-corrected chi connectivity index (χ3v) is 6.35. The van der Waals surface area contributed by atoms with Crippen molar-refractivity contribution in [2.75, 3.05) is 32.8 Å². The monoisotopic (exact) mass is 357 g/mol. The maximum absolute atomic E-state index is 12.5. The van der Waals surface area contributed by atoms with Gasteiger partial charge in [-0.05, 0) is 45.3 Å². The topological polar surface area (TPSA) is 36.0 Å². The zero-order valence-electron chi connectivity index (χ0n) is 16.0. The summed E-state index contributed by atoms with van der Waals surface area (Å²) in [6, 6.07) is 11.8.